The summed E-state index contributed by atoms with van der Waals surface area (Å²) in [7, 11) is -1.78. The summed E-state index contributed by atoms with van der Waals surface area (Å²) in [5.41, 5.74) is 1.19. The molecular weight excluding hydrogens is 512 g/mol. The summed E-state index contributed by atoms with van der Waals surface area (Å²) in [6, 6.07) is 9.65. The molecule has 0 saturated carbocycles. The molecule has 0 fully saturated rings. The van der Waals surface area contributed by atoms with E-state index in [0.717, 1.165) is 60.6 Å². The largest absolute Gasteiger partial charge is 0.466 e. The summed E-state index contributed by atoms with van der Waals surface area (Å²) < 4.78 is 25.3. The zero-order valence-corrected chi connectivity index (χ0v) is 26.3. The fourth-order valence-corrected chi connectivity index (χ4v) is 8.31. The van der Waals surface area contributed by atoms with Gasteiger partial charge in [0, 0.05) is 13.7 Å². The van der Waals surface area contributed by atoms with Crippen molar-refractivity contribution in [3.8, 4) is 5.75 Å². The SMILES string of the molecule is CC[Si](CC)(CC)OC(CCCCCO[Si](C)(C)C(C)(C)C)c1cccc(OCOC)c1Br. The van der Waals surface area contributed by atoms with E-state index < -0.39 is 16.6 Å². The number of hydrogen-bond acceptors (Lipinski definition) is 4. The summed E-state index contributed by atoms with van der Waals surface area (Å²) in [6.45, 7) is 19.5. The van der Waals surface area contributed by atoms with Gasteiger partial charge in [0.05, 0.1) is 10.6 Å². The van der Waals surface area contributed by atoms with Crippen molar-refractivity contribution in [2.75, 3.05) is 20.5 Å². The highest BCUT2D eigenvalue weighted by Crippen LogP contribution is 2.40. The Kier molecular flexibility index (Phi) is 13.5. The first-order chi connectivity index (χ1) is 15.5. The summed E-state index contributed by atoms with van der Waals surface area (Å²) in [5.74, 6) is 0.808. The van der Waals surface area contributed by atoms with E-state index in [1.807, 2.05) is 6.07 Å². The average Bonchev–Trinajstić information content (AvgIpc) is 2.77. The van der Waals surface area contributed by atoms with Crippen molar-refractivity contribution in [2.45, 2.75) is 110 Å². The van der Waals surface area contributed by atoms with Gasteiger partial charge in [-0.1, -0.05) is 66.5 Å². The van der Waals surface area contributed by atoms with E-state index >= 15 is 0 Å². The fourth-order valence-electron chi connectivity index (χ4n) is 3.74. The second kappa shape index (κ2) is 14.4. The van der Waals surface area contributed by atoms with Crippen LogP contribution in [0.2, 0.25) is 36.3 Å². The van der Waals surface area contributed by atoms with E-state index in [0.29, 0.717) is 0 Å². The van der Waals surface area contributed by atoms with Crippen LogP contribution in [0.5, 0.6) is 5.75 Å². The number of halogens is 1. The zero-order chi connectivity index (χ0) is 25.1. The number of rotatable bonds is 16. The maximum absolute atomic E-state index is 7.02. The summed E-state index contributed by atoms with van der Waals surface area (Å²) in [5, 5.41) is 0.266. The molecule has 1 aromatic carbocycles. The Morgan fingerprint density at radius 1 is 0.970 bits per heavy atom. The molecule has 0 heterocycles. The Labute approximate surface area is 214 Å². The molecule has 7 heteroatoms. The van der Waals surface area contributed by atoms with Gasteiger partial charge in [-0.3, -0.25) is 0 Å². The van der Waals surface area contributed by atoms with Gasteiger partial charge in [0.25, 0.3) is 0 Å². The van der Waals surface area contributed by atoms with E-state index in [2.05, 4.69) is 82.7 Å². The summed E-state index contributed by atoms with van der Waals surface area (Å²) >= 11 is 3.80. The normalized spacial score (nSPS) is 13.9. The number of unbranched alkanes of at least 4 members (excludes halogenated alkanes) is 2. The van der Waals surface area contributed by atoms with E-state index in [-0.39, 0.29) is 17.9 Å². The van der Waals surface area contributed by atoms with E-state index in [4.69, 9.17) is 18.3 Å². The molecule has 4 nitrogen and oxygen atoms in total. The Bertz CT molecular complexity index is 679. The molecule has 0 amide bonds. The molecule has 33 heavy (non-hydrogen) atoms. The highest BCUT2D eigenvalue weighted by Gasteiger charge is 2.37. The van der Waals surface area contributed by atoms with Gasteiger partial charge in [0.2, 0.25) is 0 Å². The standard InChI is InChI=1S/C26H49BrO4Si2/c1-10-33(11-2,12-3)31-23(22-17-16-19-24(25(22)27)29-21-28-7)18-14-13-15-20-30-32(8,9)26(4,5)6/h16-17,19,23H,10-15,18,20-21H2,1-9H3. The molecule has 0 spiro atoms. The minimum absolute atomic E-state index is 0.0818. The van der Waals surface area contributed by atoms with Crippen LogP contribution in [0.3, 0.4) is 0 Å². The third kappa shape index (κ3) is 9.41. The predicted octanol–water partition coefficient (Wildman–Crippen LogP) is 9.08. The summed E-state index contributed by atoms with van der Waals surface area (Å²) in [6.07, 6.45) is 4.49. The molecule has 0 radical (unpaired) electrons. The molecule has 0 aromatic heterocycles. The molecule has 1 atom stereocenters. The second-order valence-corrected chi connectivity index (χ2v) is 20.8. The first kappa shape index (κ1) is 30.8. The van der Waals surface area contributed by atoms with E-state index in [1.54, 1.807) is 7.11 Å². The van der Waals surface area contributed by atoms with Crippen LogP contribution in [-0.2, 0) is 13.6 Å². The molecule has 0 saturated heterocycles. The molecular formula is C26H49BrO4Si2. The maximum Gasteiger partial charge on any atom is 0.192 e. The number of ether oxygens (including phenoxy) is 2. The first-order valence-corrected chi connectivity index (χ1v) is 18.9. The van der Waals surface area contributed by atoms with Crippen molar-refractivity contribution < 1.29 is 18.3 Å². The smallest absolute Gasteiger partial charge is 0.192 e. The highest BCUT2D eigenvalue weighted by molar-refractivity contribution is 9.10. The molecule has 1 rings (SSSR count). The molecule has 1 aromatic rings. The highest BCUT2D eigenvalue weighted by atomic mass is 79.9. The molecule has 1 unspecified atom stereocenters. The van der Waals surface area contributed by atoms with Crippen LogP contribution in [-0.4, -0.2) is 37.1 Å². The number of benzene rings is 1. The predicted molar refractivity (Wildman–Crippen MR) is 149 cm³/mol. The topological polar surface area (TPSA) is 36.9 Å². The first-order valence-electron chi connectivity index (χ1n) is 12.7. The van der Waals surface area contributed by atoms with Crippen LogP contribution in [0.1, 0.15) is 78.9 Å². The lowest BCUT2D eigenvalue weighted by Gasteiger charge is -2.36. The molecule has 192 valence electrons. The average molecular weight is 562 g/mol. The zero-order valence-electron chi connectivity index (χ0n) is 22.7. The van der Waals surface area contributed by atoms with Crippen LogP contribution in [0.15, 0.2) is 22.7 Å². The van der Waals surface area contributed by atoms with Gasteiger partial charge in [-0.25, -0.2) is 0 Å². The second-order valence-electron chi connectivity index (χ2n) is 10.5. The molecule has 0 N–H and O–H groups in total. The van der Waals surface area contributed by atoms with Crippen molar-refractivity contribution in [1.29, 1.82) is 0 Å². The molecule has 0 aliphatic carbocycles. The minimum Gasteiger partial charge on any atom is -0.466 e. The van der Waals surface area contributed by atoms with Gasteiger partial charge in [-0.05, 0) is 76.7 Å². The Morgan fingerprint density at radius 3 is 2.15 bits per heavy atom. The van der Waals surface area contributed by atoms with Crippen LogP contribution >= 0.6 is 15.9 Å². The minimum atomic E-state index is -1.76. The van der Waals surface area contributed by atoms with Gasteiger partial charge < -0.3 is 18.3 Å². The van der Waals surface area contributed by atoms with Crippen molar-refractivity contribution in [2.24, 2.45) is 0 Å². The van der Waals surface area contributed by atoms with Crippen molar-refractivity contribution >= 4 is 32.6 Å². The van der Waals surface area contributed by atoms with E-state index in [1.165, 1.54) is 5.56 Å². The van der Waals surface area contributed by atoms with Gasteiger partial charge in [0.15, 0.2) is 23.4 Å². The Morgan fingerprint density at radius 2 is 1.61 bits per heavy atom. The summed E-state index contributed by atoms with van der Waals surface area (Å²) in [4.78, 5) is 0. The molecule has 0 bridgehead atoms. The quantitative estimate of drug-likeness (QED) is 0.115. The van der Waals surface area contributed by atoms with Crippen LogP contribution in [0.4, 0.5) is 0 Å². The van der Waals surface area contributed by atoms with Crippen molar-refractivity contribution in [3.05, 3.63) is 28.2 Å². The fraction of sp³-hybridized carbons (Fsp3) is 0.769. The van der Waals surface area contributed by atoms with Gasteiger partial charge in [-0.15, -0.1) is 0 Å². The Hall–Kier alpha value is -0.186. The van der Waals surface area contributed by atoms with Gasteiger partial charge >= 0.3 is 0 Å². The van der Waals surface area contributed by atoms with Crippen LogP contribution in [0, 0.1) is 0 Å². The Balaban J connectivity index is 2.87. The van der Waals surface area contributed by atoms with Gasteiger partial charge in [-0.2, -0.15) is 0 Å². The monoisotopic (exact) mass is 560 g/mol. The number of hydrogen-bond donors (Lipinski definition) is 0. The van der Waals surface area contributed by atoms with Crippen molar-refractivity contribution in [1.82, 2.24) is 0 Å². The third-order valence-corrected chi connectivity index (χ3v) is 17.4. The maximum atomic E-state index is 7.02. The van der Waals surface area contributed by atoms with Crippen LogP contribution < -0.4 is 4.74 Å². The molecule has 0 aliphatic rings. The third-order valence-electron chi connectivity index (χ3n) is 7.38. The van der Waals surface area contributed by atoms with E-state index in [9.17, 15) is 0 Å². The lowest BCUT2D eigenvalue weighted by molar-refractivity contribution is 0.0502. The van der Waals surface area contributed by atoms with Crippen LogP contribution in [0.25, 0.3) is 0 Å². The number of methoxy groups -OCH3 is 1. The lowest BCUT2D eigenvalue weighted by Crippen LogP contribution is -2.40. The van der Waals surface area contributed by atoms with Crippen molar-refractivity contribution in [3.63, 3.8) is 0 Å². The van der Waals surface area contributed by atoms with Gasteiger partial charge in [0.1, 0.15) is 5.75 Å². The lowest BCUT2D eigenvalue weighted by atomic mass is 10.0. The molecule has 0 aliphatic heterocycles.